The molecule has 1 unspecified atom stereocenters. The van der Waals surface area contributed by atoms with Gasteiger partial charge in [0.05, 0.1) is 17.1 Å². The highest BCUT2D eigenvalue weighted by molar-refractivity contribution is 7.19. The number of hydrogen-bond acceptors (Lipinski definition) is 5. The lowest BCUT2D eigenvalue weighted by Gasteiger charge is -2.20. The van der Waals surface area contributed by atoms with Gasteiger partial charge in [0.25, 0.3) is 11.5 Å². The molecule has 3 rings (SSSR count). The number of nitrogens with zero attached hydrogens (tertiary/aromatic N) is 3. The van der Waals surface area contributed by atoms with Gasteiger partial charge in [0.1, 0.15) is 4.83 Å². The number of carbonyl (C=O) groups is 1. The summed E-state index contributed by atoms with van der Waals surface area (Å²) in [5, 5.41) is 10.2. The molecule has 0 saturated carbocycles. The highest BCUT2D eigenvalue weighted by atomic mass is 32.1. The van der Waals surface area contributed by atoms with Crippen molar-refractivity contribution in [3.8, 4) is 0 Å². The van der Waals surface area contributed by atoms with Crippen molar-refractivity contribution in [2.24, 2.45) is 18.4 Å². The Balaban J connectivity index is 2.33. The van der Waals surface area contributed by atoms with E-state index < -0.39 is 11.7 Å². The highest BCUT2D eigenvalue weighted by Crippen LogP contribution is 2.35. The average molecular weight is 422 g/mol. The Hall–Kier alpha value is -1.93. The molecule has 2 aromatic heterocycles. The first kappa shape index (κ1) is 21.8. The molecular weight excluding hydrogens is 390 g/mol. The first-order valence-electron chi connectivity index (χ1n) is 10.1. The van der Waals surface area contributed by atoms with E-state index in [-0.39, 0.29) is 29.5 Å². The van der Waals surface area contributed by atoms with E-state index in [1.54, 1.807) is 9.47 Å². The zero-order chi connectivity index (χ0) is 21.7. The third-order valence-corrected chi connectivity index (χ3v) is 6.36. The van der Waals surface area contributed by atoms with Gasteiger partial charge in [0.2, 0.25) is 0 Å². The van der Waals surface area contributed by atoms with E-state index in [9.17, 15) is 19.5 Å². The van der Waals surface area contributed by atoms with E-state index >= 15 is 0 Å². The summed E-state index contributed by atoms with van der Waals surface area (Å²) >= 11 is 1.38. The van der Waals surface area contributed by atoms with Crippen molar-refractivity contribution in [3.63, 3.8) is 0 Å². The maximum atomic E-state index is 13.4. The van der Waals surface area contributed by atoms with Crippen LogP contribution < -0.4 is 11.2 Å². The number of carbonyl (C=O) groups excluding carboxylic acids is 1. The van der Waals surface area contributed by atoms with Gasteiger partial charge < -0.3 is 10.0 Å². The summed E-state index contributed by atoms with van der Waals surface area (Å²) in [6, 6.07) is 0. The Bertz CT molecular complexity index is 1060. The molecule has 3 heterocycles. The summed E-state index contributed by atoms with van der Waals surface area (Å²) in [7, 11) is 1.47. The minimum atomic E-state index is -0.531. The van der Waals surface area contributed by atoms with E-state index in [2.05, 4.69) is 20.8 Å². The van der Waals surface area contributed by atoms with Crippen LogP contribution in [-0.4, -0.2) is 44.2 Å². The van der Waals surface area contributed by atoms with Crippen LogP contribution in [-0.2, 0) is 20.0 Å². The smallest absolute Gasteiger partial charge is 0.331 e. The molecule has 160 valence electrons. The van der Waals surface area contributed by atoms with Gasteiger partial charge in [0.15, 0.2) is 0 Å². The summed E-state index contributed by atoms with van der Waals surface area (Å²) < 4.78 is 2.74. The van der Waals surface area contributed by atoms with Crippen LogP contribution in [0.5, 0.6) is 0 Å². The second kappa shape index (κ2) is 7.72. The first-order valence-corrected chi connectivity index (χ1v) is 10.9. The Kier molecular flexibility index (Phi) is 5.80. The number of β-amino-alcohol motifs (C(OH)–C–C–N with tert-alkyl or cyclic N) is 1. The molecule has 1 amide bonds. The molecule has 1 saturated heterocycles. The quantitative estimate of drug-likeness (QED) is 0.820. The monoisotopic (exact) mass is 421 g/mol. The first-order chi connectivity index (χ1) is 13.4. The molecule has 0 radical (unpaired) electrons. The predicted octanol–water partition coefficient (Wildman–Crippen LogP) is 2.21. The number of aliphatic hydroxyl groups is 1. The largest absolute Gasteiger partial charge is 0.391 e. The van der Waals surface area contributed by atoms with Gasteiger partial charge in [-0.25, -0.2) is 4.79 Å². The van der Waals surface area contributed by atoms with E-state index in [0.717, 1.165) is 9.44 Å². The Morgan fingerprint density at radius 2 is 1.93 bits per heavy atom. The molecular formula is C21H31N3O4S. The molecule has 1 aliphatic heterocycles. The van der Waals surface area contributed by atoms with Crippen molar-refractivity contribution in [3.05, 3.63) is 31.3 Å². The molecule has 0 aliphatic carbocycles. The molecule has 0 aromatic carbocycles. The molecule has 0 bridgehead atoms. The van der Waals surface area contributed by atoms with Crippen LogP contribution in [0.1, 0.15) is 56.3 Å². The zero-order valence-corrected chi connectivity index (χ0v) is 18.9. The summed E-state index contributed by atoms with van der Waals surface area (Å²) in [5.74, 6) is -0.00616. The standard InChI is InChI=1S/C21H31N3O4S/c1-12(2)10-24-19-16(17(26)22(6)20(24)28)15(14(29-19)9-21(3,4)5)18(27)23-8-7-13(25)11-23/h12-13,25H,7-11H2,1-6H3. The fourth-order valence-corrected chi connectivity index (χ4v) is 5.40. The molecule has 1 fully saturated rings. The van der Waals surface area contributed by atoms with E-state index in [0.29, 0.717) is 41.7 Å². The van der Waals surface area contributed by atoms with Crippen LogP contribution >= 0.6 is 11.3 Å². The van der Waals surface area contributed by atoms with E-state index in [1.165, 1.54) is 18.4 Å². The summed E-state index contributed by atoms with van der Waals surface area (Å²) in [5.41, 5.74) is -0.457. The minimum Gasteiger partial charge on any atom is -0.391 e. The molecule has 1 atom stereocenters. The van der Waals surface area contributed by atoms with Crippen LogP contribution in [0.3, 0.4) is 0 Å². The van der Waals surface area contributed by atoms with Crippen molar-refractivity contribution in [1.29, 1.82) is 0 Å². The third-order valence-electron chi connectivity index (χ3n) is 5.15. The van der Waals surface area contributed by atoms with Crippen LogP contribution in [0, 0.1) is 11.3 Å². The van der Waals surface area contributed by atoms with E-state index in [1.807, 2.05) is 13.8 Å². The van der Waals surface area contributed by atoms with Crippen molar-refractivity contribution in [2.75, 3.05) is 13.1 Å². The zero-order valence-electron chi connectivity index (χ0n) is 18.1. The fourth-order valence-electron chi connectivity index (χ4n) is 3.82. The number of rotatable bonds is 4. The van der Waals surface area contributed by atoms with Crippen LogP contribution in [0.25, 0.3) is 10.2 Å². The Labute approximate surface area is 174 Å². The number of amides is 1. The maximum absolute atomic E-state index is 13.4. The lowest BCUT2D eigenvalue weighted by Crippen LogP contribution is -2.39. The number of aliphatic hydroxyl groups excluding tert-OH is 1. The van der Waals surface area contributed by atoms with Gasteiger partial charge in [-0.15, -0.1) is 11.3 Å². The molecule has 29 heavy (non-hydrogen) atoms. The SMILES string of the molecule is CC(C)Cn1c(=O)n(C)c(=O)c2c(C(=O)N3CCC(O)C3)c(CC(C)(C)C)sc21. The Morgan fingerprint density at radius 1 is 1.28 bits per heavy atom. The highest BCUT2D eigenvalue weighted by Gasteiger charge is 2.33. The summed E-state index contributed by atoms with van der Waals surface area (Å²) in [4.78, 5) is 42.4. The predicted molar refractivity (Wildman–Crippen MR) is 116 cm³/mol. The molecule has 2 aromatic rings. The second-order valence-corrected chi connectivity index (χ2v) is 10.7. The number of hydrogen-bond donors (Lipinski definition) is 1. The topological polar surface area (TPSA) is 84.5 Å². The lowest BCUT2D eigenvalue weighted by molar-refractivity contribution is 0.0766. The molecule has 0 spiro atoms. The van der Waals surface area contributed by atoms with Gasteiger partial charge in [0, 0.05) is 31.6 Å². The van der Waals surface area contributed by atoms with Gasteiger partial charge in [-0.05, 0) is 24.2 Å². The van der Waals surface area contributed by atoms with Gasteiger partial charge in [-0.1, -0.05) is 34.6 Å². The second-order valence-electron chi connectivity index (χ2n) is 9.66. The van der Waals surface area contributed by atoms with Gasteiger partial charge in [-0.2, -0.15) is 0 Å². The van der Waals surface area contributed by atoms with Gasteiger partial charge >= 0.3 is 5.69 Å². The lowest BCUT2D eigenvalue weighted by atomic mass is 9.90. The summed E-state index contributed by atoms with van der Waals surface area (Å²) in [6.45, 7) is 11.5. The molecule has 8 heteroatoms. The van der Waals surface area contributed by atoms with Crippen LogP contribution in [0.15, 0.2) is 9.59 Å². The van der Waals surface area contributed by atoms with Crippen molar-refractivity contribution in [2.45, 2.75) is 60.1 Å². The third kappa shape index (κ3) is 4.19. The average Bonchev–Trinajstić information content (AvgIpc) is 3.18. The molecule has 1 N–H and O–H groups in total. The van der Waals surface area contributed by atoms with Crippen molar-refractivity contribution < 1.29 is 9.90 Å². The number of likely N-dealkylation sites (tertiary alicyclic amines) is 1. The summed E-state index contributed by atoms with van der Waals surface area (Å²) in [6.07, 6.45) is 0.637. The molecule has 1 aliphatic rings. The van der Waals surface area contributed by atoms with Crippen LogP contribution in [0.4, 0.5) is 0 Å². The van der Waals surface area contributed by atoms with E-state index in [4.69, 9.17) is 0 Å². The number of aromatic nitrogens is 2. The van der Waals surface area contributed by atoms with Crippen molar-refractivity contribution in [1.82, 2.24) is 14.0 Å². The number of thiophene rings is 1. The molecule has 7 nitrogen and oxygen atoms in total. The van der Waals surface area contributed by atoms with Crippen LogP contribution in [0.2, 0.25) is 0 Å². The Morgan fingerprint density at radius 3 is 2.45 bits per heavy atom. The fraction of sp³-hybridized carbons (Fsp3) is 0.667. The van der Waals surface area contributed by atoms with Gasteiger partial charge in [-0.3, -0.25) is 18.7 Å². The normalized spacial score (nSPS) is 17.7. The maximum Gasteiger partial charge on any atom is 0.331 e. The van der Waals surface area contributed by atoms with Crippen molar-refractivity contribution >= 4 is 27.5 Å². The minimum absolute atomic E-state index is 0.0885. The number of fused-ring (bicyclic) bond motifs is 1.